The summed E-state index contributed by atoms with van der Waals surface area (Å²) in [4.78, 5) is 17.0. The second kappa shape index (κ2) is 6.45. The summed E-state index contributed by atoms with van der Waals surface area (Å²) in [5.74, 6) is -0.342. The van der Waals surface area contributed by atoms with E-state index in [9.17, 15) is 18.0 Å². The van der Waals surface area contributed by atoms with Gasteiger partial charge in [0.15, 0.2) is 0 Å². The van der Waals surface area contributed by atoms with Crippen LogP contribution in [-0.4, -0.2) is 21.3 Å². The molecule has 7 heteroatoms. The first-order valence-corrected chi connectivity index (χ1v) is 8.29. The van der Waals surface area contributed by atoms with Gasteiger partial charge in [-0.2, -0.15) is 13.2 Å². The number of fused-ring (bicyclic) bond motifs is 1. The lowest BCUT2D eigenvalue weighted by molar-refractivity contribution is -0.137. The molecule has 0 radical (unpaired) electrons. The number of amides is 1. The molecule has 0 saturated heterocycles. The van der Waals surface area contributed by atoms with Crippen LogP contribution in [0.25, 0.3) is 5.65 Å². The summed E-state index contributed by atoms with van der Waals surface area (Å²) < 4.78 is 40.2. The van der Waals surface area contributed by atoms with Crippen molar-refractivity contribution in [2.45, 2.75) is 57.7 Å². The highest BCUT2D eigenvalue weighted by molar-refractivity contribution is 5.95. The highest BCUT2D eigenvalue weighted by Crippen LogP contribution is 2.30. The Hall–Kier alpha value is -2.05. The van der Waals surface area contributed by atoms with Gasteiger partial charge in [0.1, 0.15) is 11.3 Å². The number of rotatable bonds is 3. The van der Waals surface area contributed by atoms with Crippen LogP contribution in [-0.2, 0) is 12.6 Å². The number of aromatic nitrogens is 2. The molecule has 24 heavy (non-hydrogen) atoms. The van der Waals surface area contributed by atoms with Crippen molar-refractivity contribution >= 4 is 11.6 Å². The standard InChI is InChI=1S/C17H20F3N3O/c1-2-13-15(16(24)21-12-6-4-3-5-7-12)23-10-11(17(18,19)20)8-9-14(23)22-13/h8-10,12H,2-7H2,1H3,(H,21,24). The van der Waals surface area contributed by atoms with Crippen LogP contribution in [0, 0.1) is 0 Å². The largest absolute Gasteiger partial charge is 0.417 e. The molecule has 0 aliphatic heterocycles. The number of nitrogens with zero attached hydrogens (tertiary/aromatic N) is 2. The van der Waals surface area contributed by atoms with Crippen molar-refractivity contribution in [2.75, 3.05) is 0 Å². The summed E-state index contributed by atoms with van der Waals surface area (Å²) in [6.45, 7) is 1.84. The minimum atomic E-state index is -4.46. The predicted octanol–water partition coefficient (Wildman–Crippen LogP) is 3.98. The normalized spacial score (nSPS) is 16.5. The summed E-state index contributed by atoms with van der Waals surface area (Å²) in [5.41, 5.74) is 0.294. The van der Waals surface area contributed by atoms with E-state index in [1.54, 1.807) is 0 Å². The number of pyridine rings is 1. The van der Waals surface area contributed by atoms with Crippen molar-refractivity contribution in [3.05, 3.63) is 35.3 Å². The number of hydrogen-bond acceptors (Lipinski definition) is 2. The SMILES string of the molecule is CCc1nc2ccc(C(F)(F)F)cn2c1C(=O)NC1CCCCC1. The van der Waals surface area contributed by atoms with Crippen molar-refractivity contribution in [1.82, 2.24) is 14.7 Å². The van der Waals surface area contributed by atoms with Gasteiger partial charge in [0.25, 0.3) is 5.91 Å². The molecule has 1 fully saturated rings. The Balaban J connectivity index is 1.99. The molecule has 0 aromatic carbocycles. The maximum atomic E-state index is 13.0. The topological polar surface area (TPSA) is 46.4 Å². The summed E-state index contributed by atoms with van der Waals surface area (Å²) in [5, 5.41) is 2.97. The minimum absolute atomic E-state index is 0.0901. The molecular weight excluding hydrogens is 319 g/mol. The van der Waals surface area contributed by atoms with Gasteiger partial charge in [-0.25, -0.2) is 4.98 Å². The van der Waals surface area contributed by atoms with E-state index in [2.05, 4.69) is 10.3 Å². The van der Waals surface area contributed by atoms with Crippen molar-refractivity contribution in [3.63, 3.8) is 0 Å². The van der Waals surface area contributed by atoms with E-state index < -0.39 is 11.7 Å². The first-order chi connectivity index (χ1) is 11.4. The van der Waals surface area contributed by atoms with Gasteiger partial charge < -0.3 is 5.32 Å². The molecule has 1 aliphatic carbocycles. The monoisotopic (exact) mass is 339 g/mol. The Bertz CT molecular complexity index is 745. The number of carbonyl (C=O) groups excluding carboxylic acids is 1. The average molecular weight is 339 g/mol. The predicted molar refractivity (Wildman–Crippen MR) is 83.9 cm³/mol. The molecule has 1 saturated carbocycles. The maximum absolute atomic E-state index is 13.0. The number of nitrogens with one attached hydrogen (secondary N) is 1. The third kappa shape index (κ3) is 3.25. The Morgan fingerprint density at radius 3 is 2.62 bits per heavy atom. The first kappa shape index (κ1) is 16.8. The molecule has 0 atom stereocenters. The number of aryl methyl sites for hydroxylation is 1. The van der Waals surface area contributed by atoms with Crippen molar-refractivity contribution < 1.29 is 18.0 Å². The Morgan fingerprint density at radius 1 is 1.29 bits per heavy atom. The smallest absolute Gasteiger partial charge is 0.348 e. The van der Waals surface area contributed by atoms with Gasteiger partial charge in [-0.05, 0) is 31.4 Å². The van der Waals surface area contributed by atoms with Crippen LogP contribution < -0.4 is 5.32 Å². The van der Waals surface area contributed by atoms with Gasteiger partial charge in [0, 0.05) is 12.2 Å². The van der Waals surface area contributed by atoms with Crippen molar-refractivity contribution in [1.29, 1.82) is 0 Å². The number of imidazole rings is 1. The van der Waals surface area contributed by atoms with Gasteiger partial charge in [-0.15, -0.1) is 0 Å². The lowest BCUT2D eigenvalue weighted by Gasteiger charge is -2.22. The molecule has 2 heterocycles. The highest BCUT2D eigenvalue weighted by Gasteiger charge is 2.32. The fraction of sp³-hybridized carbons (Fsp3) is 0.529. The molecule has 130 valence electrons. The number of hydrogen-bond donors (Lipinski definition) is 1. The number of alkyl halides is 3. The molecule has 3 rings (SSSR count). The van der Waals surface area contributed by atoms with Crippen LogP contribution in [0.4, 0.5) is 13.2 Å². The molecule has 4 nitrogen and oxygen atoms in total. The van der Waals surface area contributed by atoms with Crippen LogP contribution >= 0.6 is 0 Å². The van der Waals surface area contributed by atoms with Gasteiger partial charge in [0.2, 0.25) is 0 Å². The average Bonchev–Trinajstić information content (AvgIpc) is 2.92. The fourth-order valence-electron chi connectivity index (χ4n) is 3.25. The van der Waals surface area contributed by atoms with Gasteiger partial charge >= 0.3 is 6.18 Å². The van der Waals surface area contributed by atoms with Gasteiger partial charge in [-0.3, -0.25) is 9.20 Å². The van der Waals surface area contributed by atoms with Crippen LogP contribution in [0.1, 0.15) is 60.8 Å². The second-order valence-corrected chi connectivity index (χ2v) is 6.21. The van der Waals surface area contributed by atoms with Gasteiger partial charge in [-0.1, -0.05) is 26.2 Å². The quantitative estimate of drug-likeness (QED) is 0.919. The van der Waals surface area contributed by atoms with Crippen LogP contribution in [0.3, 0.4) is 0 Å². The third-order valence-electron chi connectivity index (χ3n) is 4.51. The minimum Gasteiger partial charge on any atom is -0.348 e. The maximum Gasteiger partial charge on any atom is 0.417 e. The van der Waals surface area contributed by atoms with E-state index in [0.717, 1.165) is 44.4 Å². The Morgan fingerprint density at radius 2 is 2.00 bits per heavy atom. The van der Waals surface area contributed by atoms with E-state index in [1.165, 1.54) is 10.5 Å². The molecule has 0 spiro atoms. The fourth-order valence-corrected chi connectivity index (χ4v) is 3.25. The molecular formula is C17H20F3N3O. The van der Waals surface area contributed by atoms with E-state index in [0.29, 0.717) is 17.8 Å². The summed E-state index contributed by atoms with van der Waals surface area (Å²) in [6.07, 6.45) is 2.11. The lowest BCUT2D eigenvalue weighted by atomic mass is 9.95. The zero-order valence-electron chi connectivity index (χ0n) is 13.5. The molecule has 0 unspecified atom stereocenters. The van der Waals surface area contributed by atoms with Crippen LogP contribution in [0.2, 0.25) is 0 Å². The highest BCUT2D eigenvalue weighted by atomic mass is 19.4. The zero-order valence-corrected chi connectivity index (χ0v) is 13.5. The Kier molecular flexibility index (Phi) is 4.51. The molecule has 1 aliphatic rings. The van der Waals surface area contributed by atoms with E-state index in [1.807, 2.05) is 6.92 Å². The van der Waals surface area contributed by atoms with Gasteiger partial charge in [0.05, 0.1) is 11.3 Å². The summed E-state index contributed by atoms with van der Waals surface area (Å²) in [6, 6.07) is 2.39. The molecule has 2 aromatic rings. The molecule has 0 bridgehead atoms. The van der Waals surface area contributed by atoms with E-state index in [-0.39, 0.29) is 17.6 Å². The Labute approximate surface area is 138 Å². The lowest BCUT2D eigenvalue weighted by Crippen LogP contribution is -2.37. The number of carbonyl (C=O) groups is 1. The summed E-state index contributed by atoms with van der Waals surface area (Å²) >= 11 is 0. The van der Waals surface area contributed by atoms with Crippen molar-refractivity contribution in [3.8, 4) is 0 Å². The molecule has 2 aromatic heterocycles. The van der Waals surface area contributed by atoms with Crippen molar-refractivity contribution in [2.24, 2.45) is 0 Å². The van der Waals surface area contributed by atoms with E-state index in [4.69, 9.17) is 0 Å². The number of halogens is 3. The molecule has 1 amide bonds. The van der Waals surface area contributed by atoms with Crippen LogP contribution in [0.15, 0.2) is 18.3 Å². The first-order valence-electron chi connectivity index (χ1n) is 8.29. The zero-order chi connectivity index (χ0) is 17.3. The summed E-state index contributed by atoms with van der Waals surface area (Å²) in [7, 11) is 0. The second-order valence-electron chi connectivity index (χ2n) is 6.21. The van der Waals surface area contributed by atoms with E-state index >= 15 is 0 Å². The van der Waals surface area contributed by atoms with Crippen LogP contribution in [0.5, 0.6) is 0 Å². The molecule has 1 N–H and O–H groups in total. The third-order valence-corrected chi connectivity index (χ3v) is 4.51.